The summed E-state index contributed by atoms with van der Waals surface area (Å²) in [5, 5.41) is 46.5. The van der Waals surface area contributed by atoms with Crippen molar-refractivity contribution in [1.82, 2.24) is 24.5 Å². The Labute approximate surface area is 170 Å². The van der Waals surface area contributed by atoms with Crippen LogP contribution >= 0.6 is 0 Å². The molecule has 1 aliphatic heterocycles. The standard InChI is InChI=1S/C15H25N5O10/c21-11(22)16-1-2-17(12(23)24)5-6-19(14(27)28)9-10-20(15(29)30)8-7-18(4-3-16)13(25)26/h1-10H2,(H,21,22)(H,23,24)(H,25,26)(H,27,28)(H,29,30). The van der Waals surface area contributed by atoms with Gasteiger partial charge in [-0.15, -0.1) is 0 Å². The van der Waals surface area contributed by atoms with Gasteiger partial charge in [0, 0.05) is 65.4 Å². The predicted molar refractivity (Wildman–Crippen MR) is 98.0 cm³/mol. The second kappa shape index (κ2) is 11.4. The molecule has 170 valence electrons. The lowest BCUT2D eigenvalue weighted by molar-refractivity contribution is 0.108. The molecule has 1 heterocycles. The van der Waals surface area contributed by atoms with Gasteiger partial charge >= 0.3 is 30.5 Å². The van der Waals surface area contributed by atoms with E-state index < -0.39 is 30.5 Å². The van der Waals surface area contributed by atoms with E-state index in [9.17, 15) is 49.5 Å². The summed E-state index contributed by atoms with van der Waals surface area (Å²) in [6.45, 7) is -2.47. The molecule has 1 saturated heterocycles. The van der Waals surface area contributed by atoms with Gasteiger partial charge in [0.05, 0.1) is 0 Å². The van der Waals surface area contributed by atoms with Crippen LogP contribution in [0.4, 0.5) is 24.0 Å². The van der Waals surface area contributed by atoms with Crippen LogP contribution in [0.2, 0.25) is 0 Å². The fourth-order valence-corrected chi connectivity index (χ4v) is 2.72. The first kappa shape index (κ1) is 24.4. The summed E-state index contributed by atoms with van der Waals surface area (Å²) < 4.78 is 0. The minimum Gasteiger partial charge on any atom is -0.465 e. The van der Waals surface area contributed by atoms with Crippen molar-refractivity contribution in [3.05, 3.63) is 0 Å². The largest absolute Gasteiger partial charge is 0.465 e. The maximum absolute atomic E-state index is 11.4. The normalized spacial score (nSPS) is 17.7. The molecule has 5 amide bonds. The van der Waals surface area contributed by atoms with E-state index in [0.29, 0.717) is 0 Å². The average Bonchev–Trinajstić information content (AvgIpc) is 2.64. The monoisotopic (exact) mass is 435 g/mol. The smallest absolute Gasteiger partial charge is 0.407 e. The molecular weight excluding hydrogens is 410 g/mol. The number of amides is 5. The van der Waals surface area contributed by atoms with Crippen LogP contribution in [0.1, 0.15) is 0 Å². The number of hydrogen-bond donors (Lipinski definition) is 5. The van der Waals surface area contributed by atoms with Crippen molar-refractivity contribution >= 4 is 30.5 Å². The van der Waals surface area contributed by atoms with Crippen LogP contribution in [0.5, 0.6) is 0 Å². The van der Waals surface area contributed by atoms with E-state index >= 15 is 0 Å². The van der Waals surface area contributed by atoms with Gasteiger partial charge in [0.2, 0.25) is 0 Å². The first-order valence-corrected chi connectivity index (χ1v) is 8.92. The van der Waals surface area contributed by atoms with Crippen LogP contribution in [0.25, 0.3) is 0 Å². The molecule has 0 aliphatic carbocycles. The molecular formula is C15H25N5O10. The SMILES string of the molecule is O=C(O)N1CCN(C(=O)O)CCN(C(=O)O)CCN(C(=O)O)CCN(C(=O)O)CC1. The topological polar surface area (TPSA) is 203 Å². The molecule has 0 spiro atoms. The van der Waals surface area contributed by atoms with Gasteiger partial charge in [0.25, 0.3) is 0 Å². The lowest BCUT2D eigenvalue weighted by Gasteiger charge is -2.27. The van der Waals surface area contributed by atoms with Crippen molar-refractivity contribution in [1.29, 1.82) is 0 Å². The Morgan fingerprint density at radius 3 is 0.500 bits per heavy atom. The zero-order valence-corrected chi connectivity index (χ0v) is 16.1. The van der Waals surface area contributed by atoms with Crippen molar-refractivity contribution in [3.63, 3.8) is 0 Å². The highest BCUT2D eigenvalue weighted by molar-refractivity contribution is 5.68. The number of nitrogens with zero attached hydrogens (tertiary/aromatic N) is 5. The molecule has 0 saturated carbocycles. The predicted octanol–water partition coefficient (Wildman–Crippen LogP) is -0.1000. The fourth-order valence-electron chi connectivity index (χ4n) is 2.72. The van der Waals surface area contributed by atoms with Crippen molar-refractivity contribution in [2.24, 2.45) is 0 Å². The van der Waals surface area contributed by atoms with Crippen LogP contribution in [0.15, 0.2) is 0 Å². The molecule has 1 fully saturated rings. The van der Waals surface area contributed by atoms with E-state index in [1.54, 1.807) is 0 Å². The number of hydrogen-bond acceptors (Lipinski definition) is 5. The van der Waals surface area contributed by atoms with Gasteiger partial charge in [-0.05, 0) is 0 Å². The first-order chi connectivity index (χ1) is 14.0. The summed E-state index contributed by atoms with van der Waals surface area (Å²) in [5.74, 6) is 0. The molecule has 0 aromatic heterocycles. The second-order valence-electron chi connectivity index (χ2n) is 6.35. The maximum Gasteiger partial charge on any atom is 0.407 e. The minimum atomic E-state index is -1.38. The molecule has 15 heteroatoms. The van der Waals surface area contributed by atoms with Gasteiger partial charge in [0.1, 0.15) is 0 Å². The second-order valence-corrected chi connectivity index (χ2v) is 6.35. The molecule has 0 unspecified atom stereocenters. The summed E-state index contributed by atoms with van der Waals surface area (Å²) in [6, 6.07) is 0. The molecule has 0 aromatic carbocycles. The van der Waals surface area contributed by atoms with Gasteiger partial charge in [-0.1, -0.05) is 0 Å². The Balaban J connectivity index is 3.09. The van der Waals surface area contributed by atoms with Gasteiger partial charge in [-0.3, -0.25) is 0 Å². The van der Waals surface area contributed by atoms with Crippen LogP contribution in [0.3, 0.4) is 0 Å². The Bertz CT molecular complexity index is 512. The van der Waals surface area contributed by atoms with Crippen molar-refractivity contribution in [2.45, 2.75) is 0 Å². The quantitative estimate of drug-likeness (QED) is 0.342. The lowest BCUT2D eigenvalue weighted by atomic mass is 10.4. The van der Waals surface area contributed by atoms with E-state index in [1.165, 1.54) is 0 Å². The summed E-state index contributed by atoms with van der Waals surface area (Å²) in [5.41, 5.74) is 0. The summed E-state index contributed by atoms with van der Waals surface area (Å²) in [7, 11) is 0. The van der Waals surface area contributed by atoms with Crippen molar-refractivity contribution in [3.8, 4) is 0 Å². The summed E-state index contributed by atoms with van der Waals surface area (Å²) >= 11 is 0. The number of carbonyl (C=O) groups is 5. The number of carboxylic acid groups (broad SMARTS) is 5. The molecule has 0 aromatic rings. The van der Waals surface area contributed by atoms with Gasteiger partial charge < -0.3 is 50.0 Å². The molecule has 1 aliphatic rings. The lowest BCUT2D eigenvalue weighted by Crippen LogP contribution is -2.46. The highest BCUT2D eigenvalue weighted by Gasteiger charge is 2.24. The van der Waals surface area contributed by atoms with Crippen LogP contribution in [-0.4, -0.2) is 146 Å². The van der Waals surface area contributed by atoms with Gasteiger partial charge in [0.15, 0.2) is 0 Å². The first-order valence-electron chi connectivity index (χ1n) is 8.92. The van der Waals surface area contributed by atoms with E-state index in [2.05, 4.69) is 0 Å². The van der Waals surface area contributed by atoms with Crippen molar-refractivity contribution in [2.75, 3.05) is 65.4 Å². The molecule has 5 N–H and O–H groups in total. The Hall–Kier alpha value is -3.65. The Morgan fingerprint density at radius 2 is 0.433 bits per heavy atom. The zero-order valence-electron chi connectivity index (χ0n) is 16.1. The van der Waals surface area contributed by atoms with E-state index in [0.717, 1.165) is 24.5 Å². The zero-order chi connectivity index (χ0) is 22.8. The third kappa shape index (κ3) is 7.76. The Kier molecular flexibility index (Phi) is 9.25. The highest BCUT2D eigenvalue weighted by atomic mass is 16.4. The number of rotatable bonds is 0. The highest BCUT2D eigenvalue weighted by Crippen LogP contribution is 2.02. The maximum atomic E-state index is 11.4. The average molecular weight is 435 g/mol. The molecule has 0 atom stereocenters. The fraction of sp³-hybridized carbons (Fsp3) is 0.667. The summed E-state index contributed by atoms with van der Waals surface area (Å²) in [6.07, 6.45) is -6.90. The minimum absolute atomic E-state index is 0.247. The molecule has 0 radical (unpaired) electrons. The van der Waals surface area contributed by atoms with Gasteiger partial charge in [-0.2, -0.15) is 0 Å². The van der Waals surface area contributed by atoms with Crippen LogP contribution < -0.4 is 0 Å². The van der Waals surface area contributed by atoms with E-state index in [4.69, 9.17) is 0 Å². The van der Waals surface area contributed by atoms with E-state index in [1.807, 2.05) is 0 Å². The van der Waals surface area contributed by atoms with E-state index in [-0.39, 0.29) is 65.4 Å². The molecule has 30 heavy (non-hydrogen) atoms. The Morgan fingerprint density at radius 1 is 0.333 bits per heavy atom. The molecule has 1 rings (SSSR count). The molecule has 15 nitrogen and oxygen atoms in total. The molecule has 0 bridgehead atoms. The van der Waals surface area contributed by atoms with Crippen LogP contribution in [0, 0.1) is 0 Å². The summed E-state index contributed by atoms with van der Waals surface area (Å²) in [4.78, 5) is 61.2. The van der Waals surface area contributed by atoms with Crippen molar-refractivity contribution < 1.29 is 49.5 Å². The third-order valence-electron chi connectivity index (χ3n) is 4.55. The van der Waals surface area contributed by atoms with Gasteiger partial charge in [-0.25, -0.2) is 24.0 Å². The third-order valence-corrected chi connectivity index (χ3v) is 4.55. The van der Waals surface area contributed by atoms with Crippen LogP contribution in [-0.2, 0) is 0 Å².